The molecule has 0 aromatic carbocycles. The van der Waals surface area contributed by atoms with Crippen LogP contribution in [-0.4, -0.2) is 45.8 Å². The largest absolute Gasteiger partial charge is 0.465 e. The van der Waals surface area contributed by atoms with Crippen molar-refractivity contribution >= 4 is 38.9 Å². The van der Waals surface area contributed by atoms with E-state index in [1.165, 1.54) is 28.1 Å². The van der Waals surface area contributed by atoms with Gasteiger partial charge in [-0.2, -0.15) is 0 Å². The minimum absolute atomic E-state index is 0.0671. The Morgan fingerprint density at radius 2 is 2.00 bits per heavy atom. The van der Waals surface area contributed by atoms with Crippen LogP contribution in [0.3, 0.4) is 0 Å². The van der Waals surface area contributed by atoms with Gasteiger partial charge in [-0.25, -0.2) is 17.5 Å². The van der Waals surface area contributed by atoms with Crippen LogP contribution in [0.15, 0.2) is 27.0 Å². The lowest BCUT2D eigenvalue weighted by molar-refractivity contribution is 0.0607. The third-order valence-corrected chi connectivity index (χ3v) is 5.72. The number of hydrogen-bond acceptors (Lipinski definition) is 7. The van der Waals surface area contributed by atoms with E-state index >= 15 is 0 Å². The van der Waals surface area contributed by atoms with Crippen molar-refractivity contribution in [3.63, 3.8) is 0 Å². The summed E-state index contributed by atoms with van der Waals surface area (Å²) < 4.78 is 34.9. The maximum atomic E-state index is 12.4. The molecule has 0 saturated carbocycles. The monoisotopic (exact) mass is 372 g/mol. The molecule has 0 bridgehead atoms. The second-order valence-corrected chi connectivity index (χ2v) is 7.93. The molecule has 1 amide bonds. The lowest BCUT2D eigenvalue weighted by atomic mass is 10.2. The summed E-state index contributed by atoms with van der Waals surface area (Å²) in [6, 6.07) is 2.71. The highest BCUT2D eigenvalue weighted by molar-refractivity contribution is 7.88. The highest BCUT2D eigenvalue weighted by Gasteiger charge is 2.26. The standard InChI is InChI=1S/C14H16N2O6S2/c1-8-9(7-11(22-8)24(19,20)16(2)3)13(17)15-10-5-6-23-12(10)14(18)21-4/h5-7H,1-4H3,(H,15,17). The Hall–Kier alpha value is -2.17. The number of anilines is 1. The van der Waals surface area contributed by atoms with E-state index in [1.54, 1.807) is 11.4 Å². The maximum absolute atomic E-state index is 12.4. The van der Waals surface area contributed by atoms with E-state index in [9.17, 15) is 18.0 Å². The second-order valence-electron chi connectivity index (χ2n) is 4.93. The predicted octanol–water partition coefficient (Wildman–Crippen LogP) is 1.94. The third kappa shape index (κ3) is 3.35. The molecule has 2 heterocycles. The van der Waals surface area contributed by atoms with Gasteiger partial charge >= 0.3 is 5.97 Å². The van der Waals surface area contributed by atoms with Gasteiger partial charge in [-0.15, -0.1) is 11.3 Å². The van der Waals surface area contributed by atoms with Crippen molar-refractivity contribution in [2.24, 2.45) is 0 Å². The van der Waals surface area contributed by atoms with Crippen LogP contribution in [0.2, 0.25) is 0 Å². The quantitative estimate of drug-likeness (QED) is 0.804. The minimum atomic E-state index is -3.79. The third-order valence-electron chi connectivity index (χ3n) is 3.16. The Morgan fingerprint density at radius 3 is 2.58 bits per heavy atom. The number of carbonyl (C=O) groups excluding carboxylic acids is 2. The maximum Gasteiger partial charge on any atom is 0.350 e. The van der Waals surface area contributed by atoms with Crippen LogP contribution in [0.4, 0.5) is 5.69 Å². The molecule has 0 atom stereocenters. The van der Waals surface area contributed by atoms with Gasteiger partial charge in [-0.1, -0.05) is 0 Å². The van der Waals surface area contributed by atoms with Crippen molar-refractivity contribution in [1.29, 1.82) is 0 Å². The normalized spacial score (nSPS) is 11.5. The molecule has 0 radical (unpaired) electrons. The highest BCUT2D eigenvalue weighted by atomic mass is 32.2. The summed E-state index contributed by atoms with van der Waals surface area (Å²) in [6.07, 6.45) is 0. The van der Waals surface area contributed by atoms with E-state index in [1.807, 2.05) is 0 Å². The number of methoxy groups -OCH3 is 1. The number of rotatable bonds is 5. The first-order chi connectivity index (χ1) is 11.2. The van der Waals surface area contributed by atoms with Crippen LogP contribution in [-0.2, 0) is 14.8 Å². The average molecular weight is 372 g/mol. The zero-order chi connectivity index (χ0) is 18.1. The summed E-state index contributed by atoms with van der Waals surface area (Å²) >= 11 is 1.12. The smallest absolute Gasteiger partial charge is 0.350 e. The van der Waals surface area contributed by atoms with E-state index < -0.39 is 21.9 Å². The van der Waals surface area contributed by atoms with Gasteiger partial charge in [0.05, 0.1) is 18.4 Å². The lowest BCUT2D eigenvalue weighted by Crippen LogP contribution is -2.21. The zero-order valence-electron chi connectivity index (χ0n) is 13.4. The molecule has 8 nitrogen and oxygen atoms in total. The number of amides is 1. The SMILES string of the molecule is COC(=O)c1sccc1NC(=O)c1cc(S(=O)(=O)N(C)C)oc1C. The number of hydrogen-bond donors (Lipinski definition) is 1. The Morgan fingerprint density at radius 1 is 1.33 bits per heavy atom. The van der Waals surface area contributed by atoms with Crippen LogP contribution < -0.4 is 5.32 Å². The molecule has 0 unspecified atom stereocenters. The molecule has 0 aliphatic rings. The van der Waals surface area contributed by atoms with Gasteiger partial charge in [0.15, 0.2) is 0 Å². The number of carbonyl (C=O) groups is 2. The van der Waals surface area contributed by atoms with Crippen molar-refractivity contribution < 1.29 is 27.2 Å². The molecule has 2 rings (SSSR count). The number of aryl methyl sites for hydroxylation is 1. The molecule has 0 saturated heterocycles. The lowest BCUT2D eigenvalue weighted by Gasteiger charge is -2.07. The van der Waals surface area contributed by atoms with Gasteiger partial charge in [-0.05, 0) is 18.4 Å². The van der Waals surface area contributed by atoms with E-state index in [0.29, 0.717) is 0 Å². The van der Waals surface area contributed by atoms with Crippen molar-refractivity contribution in [3.05, 3.63) is 33.7 Å². The molecule has 0 fully saturated rings. The number of sulfonamides is 1. The van der Waals surface area contributed by atoms with Crippen molar-refractivity contribution in [3.8, 4) is 0 Å². The van der Waals surface area contributed by atoms with Gasteiger partial charge in [0.1, 0.15) is 10.6 Å². The van der Waals surface area contributed by atoms with Crippen LogP contribution in [0.1, 0.15) is 25.8 Å². The fourth-order valence-electron chi connectivity index (χ4n) is 1.84. The first kappa shape index (κ1) is 18.2. The first-order valence-electron chi connectivity index (χ1n) is 6.68. The molecule has 0 spiro atoms. The summed E-state index contributed by atoms with van der Waals surface area (Å²) in [5, 5.41) is 3.86. The number of nitrogens with one attached hydrogen (secondary N) is 1. The van der Waals surface area contributed by atoms with Gasteiger partial charge < -0.3 is 14.5 Å². The summed E-state index contributed by atoms with van der Waals surface area (Å²) in [4.78, 5) is 24.2. The molecule has 130 valence electrons. The fourth-order valence-corrected chi connectivity index (χ4v) is 3.46. The van der Waals surface area contributed by atoms with Crippen LogP contribution >= 0.6 is 11.3 Å². The zero-order valence-corrected chi connectivity index (χ0v) is 15.1. The topological polar surface area (TPSA) is 106 Å². The highest BCUT2D eigenvalue weighted by Crippen LogP contribution is 2.26. The molecule has 1 N–H and O–H groups in total. The Bertz CT molecular complexity index is 879. The van der Waals surface area contributed by atoms with E-state index in [2.05, 4.69) is 10.1 Å². The van der Waals surface area contributed by atoms with Crippen molar-refractivity contribution in [1.82, 2.24) is 4.31 Å². The van der Waals surface area contributed by atoms with Crippen molar-refractivity contribution in [2.45, 2.75) is 12.0 Å². The number of esters is 1. The van der Waals surface area contributed by atoms with E-state index in [0.717, 1.165) is 21.7 Å². The fraction of sp³-hybridized carbons (Fsp3) is 0.286. The summed E-state index contributed by atoms with van der Waals surface area (Å²) in [7, 11) is 0.181. The Balaban J connectivity index is 2.31. The van der Waals surface area contributed by atoms with Gasteiger partial charge in [-0.3, -0.25) is 4.79 Å². The summed E-state index contributed by atoms with van der Waals surface area (Å²) in [5.41, 5.74) is 0.354. The van der Waals surface area contributed by atoms with Crippen LogP contribution in [0.5, 0.6) is 0 Å². The van der Waals surface area contributed by atoms with Crippen LogP contribution in [0.25, 0.3) is 0 Å². The molecular formula is C14H16N2O6S2. The van der Waals surface area contributed by atoms with Gasteiger partial charge in [0, 0.05) is 20.2 Å². The molecule has 0 aliphatic carbocycles. The first-order valence-corrected chi connectivity index (χ1v) is 9.00. The Kier molecular flexibility index (Phi) is 5.11. The van der Waals surface area contributed by atoms with E-state index in [-0.39, 0.29) is 27.0 Å². The van der Waals surface area contributed by atoms with Crippen LogP contribution in [0, 0.1) is 6.92 Å². The Labute approximate surface area is 143 Å². The molecule has 0 aliphatic heterocycles. The van der Waals surface area contributed by atoms with Gasteiger partial charge in [0.25, 0.3) is 15.9 Å². The molecule has 2 aromatic heterocycles. The second kappa shape index (κ2) is 6.75. The summed E-state index contributed by atoms with van der Waals surface area (Å²) in [5.74, 6) is -0.997. The predicted molar refractivity (Wildman–Crippen MR) is 87.9 cm³/mol. The van der Waals surface area contributed by atoms with Gasteiger partial charge in [0.2, 0.25) is 5.09 Å². The number of ether oxygens (including phenoxy) is 1. The van der Waals surface area contributed by atoms with E-state index in [4.69, 9.17) is 4.42 Å². The number of nitrogens with zero attached hydrogens (tertiary/aromatic N) is 1. The van der Waals surface area contributed by atoms with Crippen molar-refractivity contribution in [2.75, 3.05) is 26.5 Å². The average Bonchev–Trinajstić information content (AvgIpc) is 3.13. The molecule has 2 aromatic rings. The summed E-state index contributed by atoms with van der Waals surface area (Å²) in [6.45, 7) is 1.48. The number of furan rings is 1. The number of thiophene rings is 1. The molecule has 10 heteroatoms. The molecule has 24 heavy (non-hydrogen) atoms. The molecular weight excluding hydrogens is 356 g/mol. The minimum Gasteiger partial charge on any atom is -0.465 e.